The van der Waals surface area contributed by atoms with Crippen molar-refractivity contribution < 1.29 is 0 Å². The quantitative estimate of drug-likeness (QED) is 0.173. The maximum Gasteiger partial charge on any atom is 0.0445 e. The van der Waals surface area contributed by atoms with E-state index < -0.39 is 0 Å². The maximum atomic E-state index is 2.46. The van der Waals surface area contributed by atoms with Crippen molar-refractivity contribution in [3.05, 3.63) is 136 Å². The van der Waals surface area contributed by atoms with Crippen LogP contribution in [0.5, 0.6) is 0 Å². The summed E-state index contributed by atoms with van der Waals surface area (Å²) in [6.45, 7) is 8.74. The summed E-state index contributed by atoms with van der Waals surface area (Å²) < 4.78 is 0. The molecule has 0 fully saturated rings. The first kappa shape index (κ1) is 25.6. The summed E-state index contributed by atoms with van der Waals surface area (Å²) in [5.41, 5.74) is 9.25. The number of aryl methyl sites for hydroxylation is 1. The Morgan fingerprint density at radius 1 is 0.615 bits per heavy atom. The third kappa shape index (κ3) is 4.93. The van der Waals surface area contributed by atoms with E-state index in [1.807, 2.05) is 0 Å². The highest BCUT2D eigenvalue weighted by Gasteiger charge is 2.23. The van der Waals surface area contributed by atoms with Gasteiger partial charge in [-0.2, -0.15) is 0 Å². The van der Waals surface area contributed by atoms with Crippen molar-refractivity contribution in [1.29, 1.82) is 0 Å². The number of benzene rings is 4. The van der Waals surface area contributed by atoms with Crippen LogP contribution in [0.4, 0.5) is 5.69 Å². The van der Waals surface area contributed by atoms with Crippen molar-refractivity contribution in [1.82, 2.24) is 0 Å². The third-order valence-corrected chi connectivity index (χ3v) is 9.62. The first-order chi connectivity index (χ1) is 19.2. The highest BCUT2D eigenvalue weighted by Crippen LogP contribution is 2.42. The highest BCUT2D eigenvalue weighted by molar-refractivity contribution is 7.13. The van der Waals surface area contributed by atoms with E-state index in [0.29, 0.717) is 0 Å². The van der Waals surface area contributed by atoms with Gasteiger partial charge in [-0.1, -0.05) is 84.9 Å². The van der Waals surface area contributed by atoms with Crippen LogP contribution in [0.1, 0.15) is 42.0 Å². The number of hydrogen-bond acceptors (Lipinski definition) is 3. The molecule has 0 N–H and O–H groups in total. The monoisotopic (exact) mass is 543 g/mol. The van der Waals surface area contributed by atoms with E-state index >= 15 is 0 Å². The molecule has 0 radical (unpaired) electrons. The van der Waals surface area contributed by atoms with Gasteiger partial charge in [0.15, 0.2) is 0 Å². The summed E-state index contributed by atoms with van der Waals surface area (Å²) in [5, 5.41) is 6.96. The van der Waals surface area contributed by atoms with E-state index in [1.165, 1.54) is 59.6 Å². The topological polar surface area (TPSA) is 3.24 Å². The van der Waals surface area contributed by atoms with Crippen LogP contribution in [-0.4, -0.2) is 13.1 Å². The molecule has 1 atom stereocenters. The molecule has 6 rings (SSSR count). The molecule has 0 aliphatic rings. The van der Waals surface area contributed by atoms with Crippen LogP contribution in [0.25, 0.3) is 31.7 Å². The zero-order chi connectivity index (χ0) is 26.8. The normalized spacial score (nSPS) is 12.1. The molecule has 1 unspecified atom stereocenters. The molecule has 0 aliphatic carbocycles. The summed E-state index contributed by atoms with van der Waals surface area (Å²) >= 11 is 3.59. The Hall–Kier alpha value is -3.66. The molecule has 2 heterocycles. The second kappa shape index (κ2) is 11.2. The van der Waals surface area contributed by atoms with Gasteiger partial charge in [-0.05, 0) is 88.5 Å². The fourth-order valence-electron chi connectivity index (χ4n) is 5.80. The van der Waals surface area contributed by atoms with E-state index in [9.17, 15) is 0 Å². The van der Waals surface area contributed by atoms with Gasteiger partial charge in [0.2, 0.25) is 0 Å². The maximum absolute atomic E-state index is 2.46. The van der Waals surface area contributed by atoms with E-state index in [-0.39, 0.29) is 5.92 Å². The van der Waals surface area contributed by atoms with Gasteiger partial charge in [-0.25, -0.2) is 0 Å². The van der Waals surface area contributed by atoms with Crippen molar-refractivity contribution in [3.63, 3.8) is 0 Å². The highest BCUT2D eigenvalue weighted by atomic mass is 32.1. The predicted molar refractivity (Wildman–Crippen MR) is 173 cm³/mol. The van der Waals surface area contributed by atoms with Crippen LogP contribution in [0.2, 0.25) is 0 Å². The van der Waals surface area contributed by atoms with E-state index in [2.05, 4.69) is 140 Å². The molecule has 0 amide bonds. The smallest absolute Gasteiger partial charge is 0.0445 e. The average molecular weight is 544 g/mol. The van der Waals surface area contributed by atoms with Gasteiger partial charge in [0.25, 0.3) is 0 Å². The average Bonchev–Trinajstić information content (AvgIpc) is 3.71. The largest absolute Gasteiger partial charge is 0.372 e. The molecule has 39 heavy (non-hydrogen) atoms. The van der Waals surface area contributed by atoms with Gasteiger partial charge in [0.1, 0.15) is 0 Å². The second-order valence-electron chi connectivity index (χ2n) is 9.97. The molecule has 0 saturated heterocycles. The van der Waals surface area contributed by atoms with Gasteiger partial charge < -0.3 is 4.90 Å². The number of hydrogen-bond donors (Lipinski definition) is 0. The fourth-order valence-corrected chi connectivity index (χ4v) is 7.26. The first-order valence-corrected chi connectivity index (χ1v) is 15.5. The Bertz CT molecular complexity index is 1680. The first-order valence-electron chi connectivity index (χ1n) is 13.7. The van der Waals surface area contributed by atoms with Gasteiger partial charge in [-0.3, -0.25) is 0 Å². The molecule has 0 spiro atoms. The van der Waals surface area contributed by atoms with Gasteiger partial charge in [0, 0.05) is 39.8 Å². The molecule has 6 aromatic rings. The second-order valence-corrected chi connectivity index (χ2v) is 11.9. The third-order valence-electron chi connectivity index (χ3n) is 7.79. The van der Waals surface area contributed by atoms with Crippen LogP contribution >= 0.6 is 22.7 Å². The zero-order valence-electron chi connectivity index (χ0n) is 22.7. The van der Waals surface area contributed by atoms with Crippen molar-refractivity contribution in [3.8, 4) is 20.9 Å². The number of nitrogens with zero attached hydrogens (tertiary/aromatic N) is 1. The van der Waals surface area contributed by atoms with Crippen molar-refractivity contribution >= 4 is 39.1 Å². The van der Waals surface area contributed by atoms with Crippen LogP contribution in [0.3, 0.4) is 0 Å². The Kier molecular flexibility index (Phi) is 7.36. The Morgan fingerprint density at radius 2 is 1.23 bits per heavy atom. The minimum Gasteiger partial charge on any atom is -0.372 e. The van der Waals surface area contributed by atoms with Crippen molar-refractivity contribution in [2.24, 2.45) is 0 Å². The van der Waals surface area contributed by atoms with Crippen molar-refractivity contribution in [2.45, 2.75) is 26.7 Å². The van der Waals surface area contributed by atoms with Gasteiger partial charge in [-0.15, -0.1) is 22.7 Å². The SMILES string of the molecule is CCN(CC)c1ccc(C(c2ccc(-c3cccs3)cc2)c2ccc(-c3cccs3)cc2C)c2ccccc12. The standard InChI is InChI=1S/C36H33NS2/c1-4-37(5-2)33-21-20-32(30-10-6-7-11-31(30)33)36(27-16-14-26(15-17-27)34-12-8-22-38-34)29-19-18-28(24-25(29)3)35-13-9-23-39-35/h6-24,36H,4-5H2,1-3H3. The fraction of sp³-hybridized carbons (Fsp3) is 0.167. The molecule has 0 saturated carbocycles. The molecule has 0 aliphatic heterocycles. The van der Waals surface area contributed by atoms with Gasteiger partial charge >= 0.3 is 0 Å². The van der Waals surface area contributed by atoms with Gasteiger partial charge in [0.05, 0.1) is 0 Å². The van der Waals surface area contributed by atoms with Crippen LogP contribution in [0.15, 0.2) is 114 Å². The van der Waals surface area contributed by atoms with Crippen LogP contribution in [0, 0.1) is 6.92 Å². The summed E-state index contributed by atoms with van der Waals surface area (Å²) in [5.74, 6) is 0.135. The number of rotatable bonds is 8. The molecule has 1 nitrogen and oxygen atoms in total. The molecule has 4 aromatic carbocycles. The zero-order valence-corrected chi connectivity index (χ0v) is 24.4. The number of thiophene rings is 2. The lowest BCUT2D eigenvalue weighted by Crippen LogP contribution is -2.22. The van der Waals surface area contributed by atoms with Crippen molar-refractivity contribution in [2.75, 3.05) is 18.0 Å². The lowest BCUT2D eigenvalue weighted by molar-refractivity contribution is 0.869. The minimum absolute atomic E-state index is 0.135. The number of anilines is 1. The molecular weight excluding hydrogens is 511 g/mol. The molecule has 3 heteroatoms. The summed E-state index contributed by atoms with van der Waals surface area (Å²) in [6.07, 6.45) is 0. The molecule has 194 valence electrons. The number of fused-ring (bicyclic) bond motifs is 1. The Labute approximate surface area is 240 Å². The predicted octanol–water partition coefficient (Wildman–Crippen LogP) is 10.6. The van der Waals surface area contributed by atoms with E-state index in [1.54, 1.807) is 22.7 Å². The van der Waals surface area contributed by atoms with E-state index in [4.69, 9.17) is 0 Å². The Balaban J connectivity index is 1.54. The Morgan fingerprint density at radius 3 is 1.85 bits per heavy atom. The lowest BCUT2D eigenvalue weighted by atomic mass is 9.80. The molecule has 2 aromatic heterocycles. The minimum atomic E-state index is 0.135. The van der Waals surface area contributed by atoms with Crippen LogP contribution in [-0.2, 0) is 0 Å². The molecular formula is C36H33NS2. The lowest BCUT2D eigenvalue weighted by Gasteiger charge is -2.27. The van der Waals surface area contributed by atoms with E-state index in [0.717, 1.165) is 13.1 Å². The summed E-state index contributed by atoms with van der Waals surface area (Å²) in [4.78, 5) is 5.08. The summed E-state index contributed by atoms with van der Waals surface area (Å²) in [6, 6.07) is 38.6. The molecule has 0 bridgehead atoms. The van der Waals surface area contributed by atoms with Crippen LogP contribution < -0.4 is 4.90 Å². The summed E-state index contributed by atoms with van der Waals surface area (Å²) in [7, 11) is 0.